The van der Waals surface area contributed by atoms with Crippen LogP contribution >= 0.6 is 0 Å². The topological polar surface area (TPSA) is 94.5 Å². The number of aryl methyl sites for hydroxylation is 1. The number of anilines is 1. The number of nitrogens with one attached hydrogen (secondary N) is 1. The molecule has 2 rings (SSSR count). The molecule has 2 aromatic rings. The molecule has 0 fully saturated rings. The molecular formula is C23H26F4N3O3S-. The first kappa shape index (κ1) is 27.3. The Bertz CT molecular complexity index is 1160. The molecule has 0 aliphatic heterocycles. The molecule has 0 radical (unpaired) electrons. The minimum atomic E-state index is -4.57. The minimum Gasteiger partial charge on any atom is -0.859 e. The summed E-state index contributed by atoms with van der Waals surface area (Å²) in [6.07, 6.45) is 1.55. The quantitative estimate of drug-likeness (QED) is 0.218. The van der Waals surface area contributed by atoms with Crippen molar-refractivity contribution in [2.75, 3.05) is 11.0 Å². The molecule has 186 valence electrons. The van der Waals surface area contributed by atoms with Gasteiger partial charge in [0.1, 0.15) is 11.5 Å². The Labute approximate surface area is 196 Å². The number of aliphatic imine (C=N–C) groups is 1. The normalized spacial score (nSPS) is 13.9. The third-order valence-corrected chi connectivity index (χ3v) is 5.40. The van der Waals surface area contributed by atoms with Gasteiger partial charge in [-0.25, -0.2) is 17.8 Å². The number of sulfonamides is 1. The lowest BCUT2D eigenvalue weighted by Gasteiger charge is -2.14. The number of benzene rings is 1. The highest BCUT2D eigenvalue weighted by Crippen LogP contribution is 2.29. The van der Waals surface area contributed by atoms with Crippen LogP contribution in [0.25, 0.3) is 6.08 Å². The molecule has 1 atom stereocenters. The first-order valence-electron chi connectivity index (χ1n) is 10.6. The molecule has 1 aromatic heterocycles. The number of aromatic nitrogens is 1. The van der Waals surface area contributed by atoms with E-state index >= 15 is 0 Å². The van der Waals surface area contributed by atoms with Crippen molar-refractivity contribution in [3.63, 3.8) is 0 Å². The molecule has 34 heavy (non-hydrogen) atoms. The lowest BCUT2D eigenvalue weighted by atomic mass is 10.1. The molecule has 0 bridgehead atoms. The van der Waals surface area contributed by atoms with Gasteiger partial charge in [0.2, 0.25) is 10.0 Å². The summed E-state index contributed by atoms with van der Waals surface area (Å²) < 4.78 is 77.8. The van der Waals surface area contributed by atoms with Gasteiger partial charge in [0.25, 0.3) is 0 Å². The van der Waals surface area contributed by atoms with Crippen molar-refractivity contribution in [3.8, 4) is 0 Å². The second kappa shape index (κ2) is 11.5. The van der Waals surface area contributed by atoms with Crippen LogP contribution in [0.2, 0.25) is 0 Å². The third kappa shape index (κ3) is 8.44. The molecule has 11 heteroatoms. The average molecular weight is 501 g/mol. The molecule has 0 aliphatic carbocycles. The molecule has 0 saturated carbocycles. The number of nitrogens with zero attached hydrogens (tertiary/aromatic N) is 2. The Morgan fingerprint density at radius 3 is 2.53 bits per heavy atom. The van der Waals surface area contributed by atoms with Crippen molar-refractivity contribution < 1.29 is 31.1 Å². The predicted octanol–water partition coefficient (Wildman–Crippen LogP) is 4.88. The van der Waals surface area contributed by atoms with Crippen molar-refractivity contribution in [3.05, 3.63) is 64.7 Å². The summed E-state index contributed by atoms with van der Waals surface area (Å²) in [7, 11) is -3.65. The van der Waals surface area contributed by atoms with Crippen LogP contribution < -0.4 is 9.83 Å². The first-order valence-corrected chi connectivity index (χ1v) is 12.5. The van der Waals surface area contributed by atoms with Crippen molar-refractivity contribution in [1.29, 1.82) is 0 Å². The van der Waals surface area contributed by atoms with Gasteiger partial charge in [-0.2, -0.15) is 13.2 Å². The highest BCUT2D eigenvalue weighted by Gasteiger charge is 2.32. The van der Waals surface area contributed by atoms with Gasteiger partial charge in [0.15, 0.2) is 0 Å². The van der Waals surface area contributed by atoms with Crippen LogP contribution in [0.5, 0.6) is 0 Å². The van der Waals surface area contributed by atoms with Crippen LogP contribution in [0, 0.1) is 5.82 Å². The van der Waals surface area contributed by atoms with E-state index in [4.69, 9.17) is 0 Å². The fourth-order valence-electron chi connectivity index (χ4n) is 3.11. The summed E-state index contributed by atoms with van der Waals surface area (Å²) >= 11 is 0. The zero-order valence-corrected chi connectivity index (χ0v) is 19.8. The molecular weight excluding hydrogens is 474 g/mol. The number of pyridine rings is 1. The Morgan fingerprint density at radius 1 is 1.24 bits per heavy atom. The molecule has 1 aromatic carbocycles. The number of alkyl halides is 3. The second-order valence-corrected chi connectivity index (χ2v) is 9.53. The fraction of sp³-hybridized carbons (Fsp3) is 0.391. The second-order valence-electron chi connectivity index (χ2n) is 7.78. The standard InChI is InChI=1S/C23H27F4N3O3S/c1-4-5-6-7-19-16(9-12-21(29-19)23(25,26)27)10-13-22(31)28-15(2)17-8-11-20(18(24)14-17)30-34(3,32)33/h8-15,30H,4-7H2,1-3H3,(H,28,31)/p-1/t15-/m1/s1. The summed E-state index contributed by atoms with van der Waals surface area (Å²) in [6, 6.07) is 5.13. The number of hydrogen-bond donors (Lipinski definition) is 1. The summed E-state index contributed by atoms with van der Waals surface area (Å²) in [5.74, 6) is -1.48. The van der Waals surface area contributed by atoms with Gasteiger partial charge in [-0.15, -0.1) is 0 Å². The Hall–Kier alpha value is -2.95. The van der Waals surface area contributed by atoms with Gasteiger partial charge >= 0.3 is 6.18 Å². The molecule has 0 spiro atoms. The van der Waals surface area contributed by atoms with Crippen LogP contribution in [0.3, 0.4) is 0 Å². The maximum Gasteiger partial charge on any atom is 0.433 e. The van der Waals surface area contributed by atoms with Crippen molar-refractivity contribution in [2.24, 2.45) is 4.99 Å². The lowest BCUT2D eigenvalue weighted by molar-refractivity contribution is -0.212. The van der Waals surface area contributed by atoms with Gasteiger partial charge < -0.3 is 5.11 Å². The van der Waals surface area contributed by atoms with Crippen LogP contribution in [-0.4, -0.2) is 25.6 Å². The fourth-order valence-corrected chi connectivity index (χ4v) is 3.67. The highest BCUT2D eigenvalue weighted by molar-refractivity contribution is 7.92. The van der Waals surface area contributed by atoms with Gasteiger partial charge in [0, 0.05) is 5.69 Å². The average Bonchev–Trinajstić information content (AvgIpc) is 2.72. The van der Waals surface area contributed by atoms with E-state index in [-0.39, 0.29) is 11.4 Å². The Morgan fingerprint density at radius 2 is 1.94 bits per heavy atom. The van der Waals surface area contributed by atoms with E-state index in [9.17, 15) is 31.1 Å². The van der Waals surface area contributed by atoms with Crippen molar-refractivity contribution >= 4 is 27.7 Å². The smallest absolute Gasteiger partial charge is 0.433 e. The van der Waals surface area contributed by atoms with E-state index in [2.05, 4.69) is 9.98 Å². The van der Waals surface area contributed by atoms with Crippen LogP contribution in [0.1, 0.15) is 61.7 Å². The van der Waals surface area contributed by atoms with Crippen LogP contribution in [0.15, 0.2) is 41.4 Å². The van der Waals surface area contributed by atoms with Crippen molar-refractivity contribution in [1.82, 2.24) is 4.98 Å². The largest absolute Gasteiger partial charge is 0.859 e. The predicted molar refractivity (Wildman–Crippen MR) is 122 cm³/mol. The van der Waals surface area contributed by atoms with E-state index in [1.807, 2.05) is 11.6 Å². The highest BCUT2D eigenvalue weighted by atomic mass is 32.2. The third-order valence-electron chi connectivity index (χ3n) is 4.81. The molecule has 0 amide bonds. The van der Waals surface area contributed by atoms with Gasteiger partial charge in [-0.05, 0) is 55.0 Å². The molecule has 0 aliphatic rings. The number of hydrogen-bond acceptors (Lipinski definition) is 5. The van der Waals surface area contributed by atoms with E-state index in [0.717, 1.165) is 37.3 Å². The Balaban J connectivity index is 2.22. The monoisotopic (exact) mass is 500 g/mol. The van der Waals surface area contributed by atoms with Crippen molar-refractivity contribution in [2.45, 2.75) is 51.7 Å². The van der Waals surface area contributed by atoms with Crippen LogP contribution in [0.4, 0.5) is 23.2 Å². The zero-order chi connectivity index (χ0) is 25.5. The summed E-state index contributed by atoms with van der Waals surface area (Å²) in [5.41, 5.74) is -0.236. The molecule has 1 N–H and O–H groups in total. The van der Waals surface area contributed by atoms with Gasteiger partial charge in [-0.1, -0.05) is 44.1 Å². The number of halogens is 4. The number of rotatable bonds is 10. The van der Waals surface area contributed by atoms with E-state index < -0.39 is 39.7 Å². The van der Waals surface area contributed by atoms with E-state index in [0.29, 0.717) is 24.0 Å². The maximum absolute atomic E-state index is 14.2. The van der Waals surface area contributed by atoms with E-state index in [1.165, 1.54) is 24.3 Å². The summed E-state index contributed by atoms with van der Waals surface area (Å²) in [5, 5.41) is 12.3. The Kier molecular flexibility index (Phi) is 9.20. The zero-order valence-electron chi connectivity index (χ0n) is 19.0. The molecule has 1 heterocycles. The summed E-state index contributed by atoms with van der Waals surface area (Å²) in [4.78, 5) is 7.67. The molecule has 0 unspecified atom stereocenters. The molecule has 6 nitrogen and oxygen atoms in total. The van der Waals surface area contributed by atoms with Gasteiger partial charge in [-0.3, -0.25) is 9.71 Å². The first-order chi connectivity index (χ1) is 15.8. The SMILES string of the molecule is CCCCCc1nc(C(F)(F)F)ccc1C=CC([O-])=N[C@H](C)c1ccc(NS(C)(=O)=O)c(F)c1. The van der Waals surface area contributed by atoms with Gasteiger partial charge in [0.05, 0.1) is 18.0 Å². The number of unbranched alkanes of at least 4 members (excludes halogenated alkanes) is 2. The van der Waals surface area contributed by atoms with Crippen LogP contribution in [-0.2, 0) is 22.6 Å². The maximum atomic E-state index is 14.2. The molecule has 0 saturated heterocycles. The minimum absolute atomic E-state index is 0.227. The lowest BCUT2D eigenvalue weighted by Crippen LogP contribution is -2.16. The summed E-state index contributed by atoms with van der Waals surface area (Å²) in [6.45, 7) is 3.53. The van der Waals surface area contributed by atoms with E-state index in [1.54, 1.807) is 6.92 Å².